The van der Waals surface area contributed by atoms with Crippen LogP contribution in [0.1, 0.15) is 5.56 Å². The molecule has 2 aromatic heterocycles. The van der Waals surface area contributed by atoms with Gasteiger partial charge in [0.15, 0.2) is 0 Å². The van der Waals surface area contributed by atoms with Gasteiger partial charge in [-0.3, -0.25) is 0 Å². The van der Waals surface area contributed by atoms with Crippen LogP contribution in [0.5, 0.6) is 0 Å². The summed E-state index contributed by atoms with van der Waals surface area (Å²) in [5, 5.41) is 4.35. The average molecular weight is 233 g/mol. The maximum Gasteiger partial charge on any atom is 0.0595 e. The molecule has 0 nitrogen and oxygen atoms in total. The Labute approximate surface area is 75.6 Å². The first kappa shape index (κ1) is 6.83. The number of fused-ring (bicyclic) bond motifs is 1. The van der Waals surface area contributed by atoms with Gasteiger partial charge in [-0.2, -0.15) is 0 Å². The number of aryl methyl sites for hydroxylation is 1. The first-order valence-electron chi connectivity index (χ1n) is 2.90. The molecular formula is C7H5BrS2. The van der Waals surface area contributed by atoms with Crippen LogP contribution in [0.25, 0.3) is 9.40 Å². The van der Waals surface area contributed by atoms with Crippen molar-refractivity contribution in [3.63, 3.8) is 0 Å². The van der Waals surface area contributed by atoms with Crippen LogP contribution in [0.4, 0.5) is 0 Å². The fraction of sp³-hybridized carbons (Fsp3) is 0.143. The van der Waals surface area contributed by atoms with E-state index in [9.17, 15) is 0 Å². The summed E-state index contributed by atoms with van der Waals surface area (Å²) in [6.45, 7) is 2.15. The zero-order chi connectivity index (χ0) is 7.14. The molecule has 0 amide bonds. The Bertz CT molecular complexity index is 322. The van der Waals surface area contributed by atoms with Crippen LogP contribution in [-0.4, -0.2) is 0 Å². The predicted molar refractivity (Wildman–Crippen MR) is 52.1 cm³/mol. The number of rotatable bonds is 0. The molecular weight excluding hydrogens is 228 g/mol. The summed E-state index contributed by atoms with van der Waals surface area (Å²) in [5.41, 5.74) is 1.40. The molecule has 0 saturated carbocycles. The van der Waals surface area contributed by atoms with E-state index < -0.39 is 0 Å². The lowest BCUT2D eigenvalue weighted by Crippen LogP contribution is -1.53. The Hall–Kier alpha value is 0.140. The molecule has 0 bridgehead atoms. The molecule has 0 saturated heterocycles. The molecule has 2 heterocycles. The van der Waals surface area contributed by atoms with Gasteiger partial charge in [-0.1, -0.05) is 0 Å². The Kier molecular flexibility index (Phi) is 1.59. The van der Waals surface area contributed by atoms with Gasteiger partial charge in [0.05, 0.1) is 4.70 Å². The lowest BCUT2D eigenvalue weighted by Gasteiger charge is -1.76. The first-order valence-corrected chi connectivity index (χ1v) is 5.45. The third kappa shape index (κ3) is 0.847. The SMILES string of the molecule is Cc1csc2c(Br)csc12. The standard InChI is InChI=1S/C7H5BrS2/c1-4-2-9-7-5(8)3-10-6(4)7/h2-3H,1H3. The normalized spacial score (nSPS) is 11.0. The number of halogens is 1. The van der Waals surface area contributed by atoms with E-state index in [0.29, 0.717) is 0 Å². The first-order chi connectivity index (χ1) is 4.79. The van der Waals surface area contributed by atoms with E-state index in [-0.39, 0.29) is 0 Å². The van der Waals surface area contributed by atoms with Gasteiger partial charge in [-0.25, -0.2) is 0 Å². The maximum absolute atomic E-state index is 3.50. The lowest BCUT2D eigenvalue weighted by atomic mass is 10.4. The van der Waals surface area contributed by atoms with Crippen LogP contribution in [0, 0.1) is 6.92 Å². The number of thiophene rings is 2. The second kappa shape index (κ2) is 2.32. The van der Waals surface area contributed by atoms with Gasteiger partial charge in [-0.05, 0) is 33.8 Å². The van der Waals surface area contributed by atoms with Crippen molar-refractivity contribution in [2.24, 2.45) is 0 Å². The van der Waals surface area contributed by atoms with E-state index in [1.54, 1.807) is 0 Å². The van der Waals surface area contributed by atoms with Gasteiger partial charge in [0.25, 0.3) is 0 Å². The highest BCUT2D eigenvalue weighted by Gasteiger charge is 2.04. The monoisotopic (exact) mass is 232 g/mol. The average Bonchev–Trinajstić information content (AvgIpc) is 2.41. The molecule has 2 rings (SSSR count). The fourth-order valence-electron chi connectivity index (χ4n) is 0.909. The highest BCUT2D eigenvalue weighted by molar-refractivity contribution is 9.10. The van der Waals surface area contributed by atoms with Crippen LogP contribution in [0.3, 0.4) is 0 Å². The van der Waals surface area contributed by atoms with E-state index in [1.165, 1.54) is 19.4 Å². The third-order valence-corrected chi connectivity index (χ3v) is 4.98. The molecule has 0 aliphatic rings. The summed E-state index contributed by atoms with van der Waals surface area (Å²) in [6.07, 6.45) is 0. The van der Waals surface area contributed by atoms with E-state index in [2.05, 4.69) is 33.6 Å². The molecule has 0 aliphatic carbocycles. The summed E-state index contributed by atoms with van der Waals surface area (Å²) in [7, 11) is 0. The molecule has 3 heteroatoms. The summed E-state index contributed by atoms with van der Waals surface area (Å²) < 4.78 is 4.06. The highest BCUT2D eigenvalue weighted by Crippen LogP contribution is 2.36. The van der Waals surface area contributed by atoms with Crippen LogP contribution in [-0.2, 0) is 0 Å². The quantitative estimate of drug-likeness (QED) is 0.644. The van der Waals surface area contributed by atoms with Crippen LogP contribution >= 0.6 is 38.6 Å². The summed E-state index contributed by atoms with van der Waals surface area (Å²) in [5.74, 6) is 0. The zero-order valence-electron chi connectivity index (χ0n) is 5.35. The molecule has 0 unspecified atom stereocenters. The summed E-state index contributed by atoms with van der Waals surface area (Å²) >= 11 is 7.12. The van der Waals surface area contributed by atoms with Crippen molar-refractivity contribution in [3.05, 3.63) is 20.8 Å². The molecule has 0 radical (unpaired) electrons. The van der Waals surface area contributed by atoms with Crippen molar-refractivity contribution in [2.75, 3.05) is 0 Å². The Morgan fingerprint density at radius 1 is 1.20 bits per heavy atom. The van der Waals surface area contributed by atoms with Crippen molar-refractivity contribution in [2.45, 2.75) is 6.92 Å². The lowest BCUT2D eigenvalue weighted by molar-refractivity contribution is 1.62. The molecule has 10 heavy (non-hydrogen) atoms. The third-order valence-electron chi connectivity index (χ3n) is 1.42. The van der Waals surface area contributed by atoms with E-state index in [4.69, 9.17) is 0 Å². The molecule has 0 aromatic carbocycles. The molecule has 0 aliphatic heterocycles. The molecule has 0 fully saturated rings. The van der Waals surface area contributed by atoms with Crippen LogP contribution in [0.15, 0.2) is 15.2 Å². The second-order valence-electron chi connectivity index (χ2n) is 2.16. The number of hydrogen-bond acceptors (Lipinski definition) is 2. The van der Waals surface area contributed by atoms with Gasteiger partial charge in [-0.15, -0.1) is 22.7 Å². The van der Waals surface area contributed by atoms with Gasteiger partial charge >= 0.3 is 0 Å². The molecule has 2 aromatic rings. The molecule has 0 N–H and O–H groups in total. The van der Waals surface area contributed by atoms with Gasteiger partial charge in [0, 0.05) is 14.6 Å². The Balaban J connectivity index is 2.95. The summed E-state index contributed by atoms with van der Waals surface area (Å²) in [4.78, 5) is 0. The van der Waals surface area contributed by atoms with Crippen LogP contribution in [0.2, 0.25) is 0 Å². The van der Waals surface area contributed by atoms with E-state index >= 15 is 0 Å². The van der Waals surface area contributed by atoms with Crippen molar-refractivity contribution < 1.29 is 0 Å². The van der Waals surface area contributed by atoms with Crippen molar-refractivity contribution in [1.82, 2.24) is 0 Å². The minimum Gasteiger partial charge on any atom is -0.141 e. The highest BCUT2D eigenvalue weighted by atomic mass is 79.9. The van der Waals surface area contributed by atoms with Crippen molar-refractivity contribution in [1.29, 1.82) is 0 Å². The van der Waals surface area contributed by atoms with Crippen LogP contribution < -0.4 is 0 Å². The topological polar surface area (TPSA) is 0 Å². The molecule has 0 spiro atoms. The largest absolute Gasteiger partial charge is 0.141 e. The van der Waals surface area contributed by atoms with E-state index in [1.807, 2.05) is 22.7 Å². The zero-order valence-corrected chi connectivity index (χ0v) is 8.57. The Morgan fingerprint density at radius 3 is 2.60 bits per heavy atom. The van der Waals surface area contributed by atoms with Gasteiger partial charge in [0.1, 0.15) is 0 Å². The van der Waals surface area contributed by atoms with E-state index in [0.717, 1.165) is 0 Å². The minimum absolute atomic E-state index is 1.24. The minimum atomic E-state index is 1.24. The predicted octanol–water partition coefficient (Wildman–Crippen LogP) is 4.03. The Morgan fingerprint density at radius 2 is 1.90 bits per heavy atom. The van der Waals surface area contributed by atoms with Gasteiger partial charge < -0.3 is 0 Å². The summed E-state index contributed by atoms with van der Waals surface area (Å²) in [6, 6.07) is 0. The van der Waals surface area contributed by atoms with Crippen molar-refractivity contribution in [3.8, 4) is 0 Å². The molecule has 0 atom stereocenters. The maximum atomic E-state index is 3.50. The molecule has 52 valence electrons. The number of hydrogen-bond donors (Lipinski definition) is 0. The fourth-order valence-corrected chi connectivity index (χ4v) is 3.89. The smallest absolute Gasteiger partial charge is 0.0595 e. The van der Waals surface area contributed by atoms with Crippen molar-refractivity contribution >= 4 is 48.0 Å². The van der Waals surface area contributed by atoms with Gasteiger partial charge in [0.2, 0.25) is 0 Å². The second-order valence-corrected chi connectivity index (χ2v) is 4.77.